The molecule has 1 saturated heterocycles. The topological polar surface area (TPSA) is 58.6 Å². The van der Waals surface area contributed by atoms with Crippen LogP contribution in [-0.4, -0.2) is 18.4 Å². The number of nitrogens with zero attached hydrogens (tertiary/aromatic N) is 1. The predicted molar refractivity (Wildman–Crippen MR) is 137 cm³/mol. The smallest absolute Gasteiger partial charge is 0.229 e. The van der Waals surface area contributed by atoms with Crippen molar-refractivity contribution >= 4 is 23.2 Å². The molecule has 1 atom stereocenters. The minimum Gasteiger partial charge on any atom is -0.457 e. The van der Waals surface area contributed by atoms with E-state index in [1.807, 2.05) is 68.4 Å². The van der Waals surface area contributed by atoms with Crippen LogP contribution in [0, 0.1) is 19.8 Å². The van der Waals surface area contributed by atoms with Gasteiger partial charge in [-0.25, -0.2) is 0 Å². The molecule has 3 aromatic rings. The summed E-state index contributed by atoms with van der Waals surface area (Å²) in [5, 5.41) is 2.94. The van der Waals surface area contributed by atoms with Gasteiger partial charge < -0.3 is 15.0 Å². The lowest BCUT2D eigenvalue weighted by molar-refractivity contribution is -0.122. The maximum atomic E-state index is 12.8. The van der Waals surface area contributed by atoms with Crippen molar-refractivity contribution in [3.63, 3.8) is 0 Å². The van der Waals surface area contributed by atoms with E-state index in [2.05, 4.69) is 38.2 Å². The Morgan fingerprint density at radius 3 is 2.12 bits per heavy atom. The second kappa shape index (κ2) is 9.34. The SMILES string of the molecule is Cc1ccc(N2C[C@@H](C(=O)Nc3ccc(Oc4ccc(C(C)(C)C)cc4)cc3)CC2=O)cc1C. The highest BCUT2D eigenvalue weighted by Gasteiger charge is 2.35. The maximum absolute atomic E-state index is 12.8. The average Bonchev–Trinajstić information content (AvgIpc) is 3.18. The molecule has 0 saturated carbocycles. The summed E-state index contributed by atoms with van der Waals surface area (Å²) in [7, 11) is 0. The molecule has 3 aromatic carbocycles. The van der Waals surface area contributed by atoms with Gasteiger partial charge in [0, 0.05) is 24.3 Å². The van der Waals surface area contributed by atoms with Crippen molar-refractivity contribution in [3.05, 3.63) is 83.4 Å². The monoisotopic (exact) mass is 456 g/mol. The van der Waals surface area contributed by atoms with Gasteiger partial charge in [-0.2, -0.15) is 0 Å². The first-order chi connectivity index (χ1) is 16.1. The number of hydrogen-bond acceptors (Lipinski definition) is 3. The van der Waals surface area contributed by atoms with Crippen LogP contribution in [-0.2, 0) is 15.0 Å². The third kappa shape index (κ3) is 5.30. The van der Waals surface area contributed by atoms with Crippen molar-refractivity contribution < 1.29 is 14.3 Å². The zero-order valence-corrected chi connectivity index (χ0v) is 20.5. The van der Waals surface area contributed by atoms with Crippen molar-refractivity contribution in [2.24, 2.45) is 5.92 Å². The Morgan fingerprint density at radius 2 is 1.53 bits per heavy atom. The first kappa shape index (κ1) is 23.6. The van der Waals surface area contributed by atoms with Gasteiger partial charge in [0.25, 0.3) is 0 Å². The van der Waals surface area contributed by atoms with Crippen LogP contribution >= 0.6 is 0 Å². The lowest BCUT2D eigenvalue weighted by Crippen LogP contribution is -2.28. The van der Waals surface area contributed by atoms with Gasteiger partial charge in [-0.3, -0.25) is 9.59 Å². The van der Waals surface area contributed by atoms with E-state index in [0.717, 1.165) is 17.0 Å². The molecular weight excluding hydrogens is 424 g/mol. The Balaban J connectivity index is 1.35. The van der Waals surface area contributed by atoms with Crippen LogP contribution < -0.4 is 15.0 Å². The third-order valence-corrected chi connectivity index (χ3v) is 6.38. The van der Waals surface area contributed by atoms with Gasteiger partial charge in [0.1, 0.15) is 11.5 Å². The number of carbonyl (C=O) groups excluding carboxylic acids is 2. The molecule has 1 fully saturated rings. The molecule has 0 unspecified atom stereocenters. The molecule has 1 aliphatic heterocycles. The van der Waals surface area contributed by atoms with E-state index in [-0.39, 0.29) is 29.6 Å². The molecule has 2 amide bonds. The van der Waals surface area contributed by atoms with Gasteiger partial charge in [0.2, 0.25) is 11.8 Å². The number of amides is 2. The summed E-state index contributed by atoms with van der Waals surface area (Å²) in [4.78, 5) is 27.1. The van der Waals surface area contributed by atoms with E-state index in [4.69, 9.17) is 4.74 Å². The van der Waals surface area contributed by atoms with E-state index >= 15 is 0 Å². The fourth-order valence-electron chi connectivity index (χ4n) is 4.04. The fraction of sp³-hybridized carbons (Fsp3) is 0.310. The van der Waals surface area contributed by atoms with Gasteiger partial charge in [-0.05, 0) is 84.5 Å². The van der Waals surface area contributed by atoms with E-state index in [9.17, 15) is 9.59 Å². The number of nitrogens with one attached hydrogen (secondary N) is 1. The standard InChI is InChI=1S/C29H32N2O3/c1-19-6-11-24(16-20(19)2)31-18-21(17-27(31)32)28(33)30-23-9-14-26(15-10-23)34-25-12-7-22(8-13-25)29(3,4)5/h6-16,21H,17-18H2,1-5H3,(H,30,33)/t21-/m0/s1. The first-order valence-electron chi connectivity index (χ1n) is 11.7. The molecule has 0 bridgehead atoms. The molecular formula is C29H32N2O3. The van der Waals surface area contributed by atoms with Gasteiger partial charge in [-0.15, -0.1) is 0 Å². The summed E-state index contributed by atoms with van der Waals surface area (Å²) in [6.07, 6.45) is 0.213. The molecule has 0 radical (unpaired) electrons. The maximum Gasteiger partial charge on any atom is 0.229 e. The van der Waals surface area contributed by atoms with E-state index in [1.165, 1.54) is 11.1 Å². The van der Waals surface area contributed by atoms with Crippen LogP contribution in [0.2, 0.25) is 0 Å². The first-order valence-corrected chi connectivity index (χ1v) is 11.7. The minimum absolute atomic E-state index is 0.0235. The highest BCUT2D eigenvalue weighted by molar-refractivity contribution is 6.03. The summed E-state index contributed by atoms with van der Waals surface area (Å²) in [6, 6.07) is 21.3. The van der Waals surface area contributed by atoms with E-state index in [0.29, 0.717) is 18.0 Å². The van der Waals surface area contributed by atoms with E-state index in [1.54, 1.807) is 4.90 Å². The summed E-state index contributed by atoms with van der Waals surface area (Å²) in [6.45, 7) is 11.0. The van der Waals surface area contributed by atoms with Gasteiger partial charge in [0.15, 0.2) is 0 Å². The molecule has 1 aliphatic rings. The molecule has 5 heteroatoms. The lowest BCUT2D eigenvalue weighted by Gasteiger charge is -2.19. The summed E-state index contributed by atoms with van der Waals surface area (Å²) in [5.41, 5.74) is 5.18. The van der Waals surface area contributed by atoms with Crippen molar-refractivity contribution in [1.29, 1.82) is 0 Å². The number of rotatable bonds is 5. The molecule has 176 valence electrons. The highest BCUT2D eigenvalue weighted by atomic mass is 16.5. The number of benzene rings is 3. The highest BCUT2D eigenvalue weighted by Crippen LogP contribution is 2.29. The third-order valence-electron chi connectivity index (χ3n) is 6.38. The summed E-state index contributed by atoms with van der Waals surface area (Å²) < 4.78 is 5.94. The van der Waals surface area contributed by atoms with Crippen LogP contribution in [0.4, 0.5) is 11.4 Å². The molecule has 0 aromatic heterocycles. The van der Waals surface area contributed by atoms with Crippen molar-refractivity contribution in [3.8, 4) is 11.5 Å². The van der Waals surface area contributed by atoms with Gasteiger partial charge >= 0.3 is 0 Å². The van der Waals surface area contributed by atoms with Crippen molar-refractivity contribution in [1.82, 2.24) is 0 Å². The van der Waals surface area contributed by atoms with Gasteiger partial charge in [-0.1, -0.05) is 39.0 Å². The number of anilines is 2. The zero-order chi connectivity index (χ0) is 24.5. The number of aryl methyl sites for hydroxylation is 2. The molecule has 34 heavy (non-hydrogen) atoms. The minimum atomic E-state index is -0.383. The number of hydrogen-bond donors (Lipinski definition) is 1. The Morgan fingerprint density at radius 1 is 0.912 bits per heavy atom. The number of carbonyl (C=O) groups is 2. The average molecular weight is 457 g/mol. The normalized spacial score (nSPS) is 16.0. The molecule has 1 N–H and O–H groups in total. The van der Waals surface area contributed by atoms with Crippen LogP contribution in [0.1, 0.15) is 43.9 Å². The Bertz CT molecular complexity index is 1190. The van der Waals surface area contributed by atoms with E-state index < -0.39 is 0 Å². The molecule has 0 spiro atoms. The lowest BCUT2D eigenvalue weighted by atomic mass is 9.87. The fourth-order valence-corrected chi connectivity index (χ4v) is 4.04. The van der Waals surface area contributed by atoms with Crippen LogP contribution in [0.15, 0.2) is 66.7 Å². The Labute approximate surface area is 201 Å². The molecule has 4 rings (SSSR count). The molecule has 5 nitrogen and oxygen atoms in total. The van der Waals surface area contributed by atoms with Gasteiger partial charge in [0.05, 0.1) is 5.92 Å². The quantitative estimate of drug-likeness (QED) is 0.484. The second-order valence-electron chi connectivity index (χ2n) is 10.1. The second-order valence-corrected chi connectivity index (χ2v) is 10.1. The number of ether oxygens (including phenoxy) is 1. The Hall–Kier alpha value is -3.60. The van der Waals surface area contributed by atoms with Crippen LogP contribution in [0.25, 0.3) is 0 Å². The largest absolute Gasteiger partial charge is 0.457 e. The Kier molecular flexibility index (Phi) is 6.47. The summed E-state index contributed by atoms with van der Waals surface area (Å²) in [5.74, 6) is 0.904. The molecule has 1 heterocycles. The molecule has 0 aliphatic carbocycles. The zero-order valence-electron chi connectivity index (χ0n) is 20.5. The predicted octanol–water partition coefficient (Wildman–Crippen LogP) is 6.38. The summed E-state index contributed by atoms with van der Waals surface area (Å²) >= 11 is 0. The van der Waals surface area contributed by atoms with Crippen molar-refractivity contribution in [2.75, 3.05) is 16.8 Å². The van der Waals surface area contributed by atoms with Crippen molar-refractivity contribution in [2.45, 2.75) is 46.5 Å². The van der Waals surface area contributed by atoms with Crippen LogP contribution in [0.3, 0.4) is 0 Å². The van der Waals surface area contributed by atoms with Crippen LogP contribution in [0.5, 0.6) is 11.5 Å².